The van der Waals surface area contributed by atoms with Gasteiger partial charge in [0.05, 0.1) is 12.0 Å². The molecule has 1 rings (SSSR count). The highest BCUT2D eigenvalue weighted by atomic mass is 16.5. The van der Waals surface area contributed by atoms with Crippen molar-refractivity contribution in [2.24, 2.45) is 11.7 Å². The van der Waals surface area contributed by atoms with E-state index in [1.165, 1.54) is 0 Å². The summed E-state index contributed by atoms with van der Waals surface area (Å²) in [5.74, 6) is -1.46. The Morgan fingerprint density at radius 1 is 1.56 bits per heavy atom. The fourth-order valence-corrected chi connectivity index (χ4v) is 2.36. The van der Waals surface area contributed by atoms with Gasteiger partial charge in [0.1, 0.15) is 0 Å². The van der Waals surface area contributed by atoms with Crippen LogP contribution in [0.25, 0.3) is 0 Å². The molecule has 3 unspecified atom stereocenters. The van der Waals surface area contributed by atoms with Crippen LogP contribution in [-0.2, 0) is 14.3 Å². The van der Waals surface area contributed by atoms with Crippen molar-refractivity contribution in [1.82, 2.24) is 4.90 Å². The van der Waals surface area contributed by atoms with E-state index in [0.29, 0.717) is 26.0 Å². The van der Waals surface area contributed by atoms with Gasteiger partial charge in [0.2, 0.25) is 5.91 Å². The molecule has 0 aromatic carbocycles. The normalized spacial score (nSPS) is 25.2. The number of carboxylic acids is 1. The molecule has 0 aliphatic carbocycles. The first-order valence-electron chi connectivity index (χ1n) is 6.26. The minimum Gasteiger partial charge on any atom is -0.481 e. The molecule has 0 aromatic rings. The van der Waals surface area contributed by atoms with Crippen LogP contribution in [0.5, 0.6) is 0 Å². The van der Waals surface area contributed by atoms with Crippen LogP contribution in [0.3, 0.4) is 0 Å². The van der Waals surface area contributed by atoms with Crippen molar-refractivity contribution in [1.29, 1.82) is 0 Å². The summed E-state index contributed by atoms with van der Waals surface area (Å²) in [6.07, 6.45) is 1.80. The smallest absolute Gasteiger partial charge is 0.308 e. The number of carbonyl (C=O) groups excluding carboxylic acids is 1. The maximum absolute atomic E-state index is 12.1. The molecule has 1 saturated heterocycles. The fourth-order valence-electron chi connectivity index (χ4n) is 2.36. The van der Waals surface area contributed by atoms with Gasteiger partial charge in [-0.25, -0.2) is 0 Å². The minimum absolute atomic E-state index is 0.151. The molecule has 3 atom stereocenters. The number of rotatable bonds is 6. The van der Waals surface area contributed by atoms with E-state index >= 15 is 0 Å². The maximum atomic E-state index is 12.1. The number of aliphatic carboxylic acids is 1. The molecule has 0 radical (unpaired) electrons. The van der Waals surface area contributed by atoms with Crippen LogP contribution < -0.4 is 5.73 Å². The van der Waals surface area contributed by atoms with Crippen LogP contribution >= 0.6 is 0 Å². The van der Waals surface area contributed by atoms with Crippen LogP contribution in [0.4, 0.5) is 0 Å². The van der Waals surface area contributed by atoms with Gasteiger partial charge in [-0.3, -0.25) is 9.59 Å². The number of carbonyl (C=O) groups is 2. The topological polar surface area (TPSA) is 92.9 Å². The summed E-state index contributed by atoms with van der Waals surface area (Å²) in [4.78, 5) is 24.7. The summed E-state index contributed by atoms with van der Waals surface area (Å²) in [6, 6.07) is -0.835. The van der Waals surface area contributed by atoms with Crippen LogP contribution in [0.2, 0.25) is 0 Å². The SMILES string of the molecule is COCCCC(N)C(=O)N1CCC(C(=O)O)C1C. The molecule has 1 fully saturated rings. The van der Waals surface area contributed by atoms with E-state index in [2.05, 4.69) is 0 Å². The Bertz CT molecular complexity index is 308. The van der Waals surface area contributed by atoms with E-state index in [9.17, 15) is 9.59 Å². The predicted octanol–water partition coefficient (Wildman–Crippen LogP) is 0.0619. The zero-order valence-corrected chi connectivity index (χ0v) is 11.0. The molecule has 1 amide bonds. The van der Waals surface area contributed by atoms with Crippen molar-refractivity contribution in [2.75, 3.05) is 20.3 Å². The number of methoxy groups -OCH3 is 1. The average molecular weight is 258 g/mol. The van der Waals surface area contributed by atoms with Crippen molar-refractivity contribution in [2.45, 2.75) is 38.3 Å². The molecule has 1 heterocycles. The highest BCUT2D eigenvalue weighted by molar-refractivity contribution is 5.83. The van der Waals surface area contributed by atoms with Gasteiger partial charge in [0.15, 0.2) is 0 Å². The molecule has 104 valence electrons. The Labute approximate surface area is 107 Å². The number of likely N-dealkylation sites (tertiary alicyclic amines) is 1. The number of carboxylic acid groups (broad SMARTS) is 1. The first-order chi connectivity index (χ1) is 8.49. The molecule has 0 aromatic heterocycles. The molecule has 18 heavy (non-hydrogen) atoms. The highest BCUT2D eigenvalue weighted by Gasteiger charge is 2.39. The number of nitrogens with two attached hydrogens (primary N) is 1. The quantitative estimate of drug-likeness (QED) is 0.657. The average Bonchev–Trinajstić information content (AvgIpc) is 2.70. The maximum Gasteiger partial charge on any atom is 0.308 e. The molecular formula is C12H22N2O4. The van der Waals surface area contributed by atoms with Crippen LogP contribution in [-0.4, -0.2) is 54.2 Å². The highest BCUT2D eigenvalue weighted by Crippen LogP contribution is 2.25. The molecule has 0 bridgehead atoms. The number of hydrogen-bond donors (Lipinski definition) is 2. The van der Waals surface area contributed by atoms with Crippen LogP contribution in [0.15, 0.2) is 0 Å². The number of ether oxygens (including phenoxy) is 1. The second-order valence-corrected chi connectivity index (χ2v) is 4.75. The van der Waals surface area contributed by atoms with Crippen molar-refractivity contribution < 1.29 is 19.4 Å². The lowest BCUT2D eigenvalue weighted by Gasteiger charge is -2.26. The van der Waals surface area contributed by atoms with E-state index in [0.717, 1.165) is 6.42 Å². The van der Waals surface area contributed by atoms with Crippen LogP contribution in [0, 0.1) is 5.92 Å². The lowest BCUT2D eigenvalue weighted by atomic mass is 10.0. The zero-order valence-electron chi connectivity index (χ0n) is 11.0. The summed E-state index contributed by atoms with van der Waals surface area (Å²) < 4.78 is 4.91. The molecular weight excluding hydrogens is 236 g/mol. The third-order valence-electron chi connectivity index (χ3n) is 3.54. The summed E-state index contributed by atoms with van der Waals surface area (Å²) in [5, 5.41) is 9.01. The van der Waals surface area contributed by atoms with Gasteiger partial charge < -0.3 is 20.5 Å². The Morgan fingerprint density at radius 2 is 2.22 bits per heavy atom. The van der Waals surface area contributed by atoms with Gasteiger partial charge in [0.25, 0.3) is 0 Å². The van der Waals surface area contributed by atoms with Crippen molar-refractivity contribution in [3.05, 3.63) is 0 Å². The standard InChI is InChI=1S/C12H22N2O4/c1-8-9(12(16)17)5-6-14(8)11(15)10(13)4-3-7-18-2/h8-10H,3-7,13H2,1-2H3,(H,16,17). The monoisotopic (exact) mass is 258 g/mol. The molecule has 6 heteroatoms. The van der Waals surface area contributed by atoms with Crippen molar-refractivity contribution in [3.63, 3.8) is 0 Å². The van der Waals surface area contributed by atoms with Gasteiger partial charge in [-0.15, -0.1) is 0 Å². The summed E-state index contributed by atoms with van der Waals surface area (Å²) >= 11 is 0. The zero-order chi connectivity index (χ0) is 13.7. The lowest BCUT2D eigenvalue weighted by Crippen LogP contribution is -2.46. The summed E-state index contributed by atoms with van der Waals surface area (Å²) in [5.41, 5.74) is 5.83. The fraction of sp³-hybridized carbons (Fsp3) is 0.833. The molecule has 1 aliphatic rings. The third-order valence-corrected chi connectivity index (χ3v) is 3.54. The Balaban J connectivity index is 2.49. The second kappa shape index (κ2) is 6.70. The second-order valence-electron chi connectivity index (χ2n) is 4.75. The van der Waals surface area contributed by atoms with E-state index in [4.69, 9.17) is 15.6 Å². The number of hydrogen-bond acceptors (Lipinski definition) is 4. The Kier molecular flexibility index (Phi) is 5.55. The summed E-state index contributed by atoms with van der Waals surface area (Å²) in [7, 11) is 1.60. The van der Waals surface area contributed by atoms with Crippen LogP contribution in [0.1, 0.15) is 26.2 Å². The van der Waals surface area contributed by atoms with Gasteiger partial charge in [-0.2, -0.15) is 0 Å². The van der Waals surface area contributed by atoms with Crippen molar-refractivity contribution in [3.8, 4) is 0 Å². The summed E-state index contributed by atoms with van der Waals surface area (Å²) in [6.45, 7) is 2.83. The van der Waals surface area contributed by atoms with Gasteiger partial charge in [-0.1, -0.05) is 0 Å². The third kappa shape index (κ3) is 3.43. The largest absolute Gasteiger partial charge is 0.481 e. The van der Waals surface area contributed by atoms with E-state index in [-0.39, 0.29) is 11.9 Å². The Hall–Kier alpha value is -1.14. The lowest BCUT2D eigenvalue weighted by molar-refractivity contribution is -0.143. The van der Waals surface area contributed by atoms with Gasteiger partial charge >= 0.3 is 5.97 Å². The van der Waals surface area contributed by atoms with Crippen molar-refractivity contribution >= 4 is 11.9 Å². The molecule has 0 spiro atoms. The minimum atomic E-state index is -0.842. The molecule has 6 nitrogen and oxygen atoms in total. The predicted molar refractivity (Wildman–Crippen MR) is 66.0 cm³/mol. The van der Waals surface area contributed by atoms with Gasteiger partial charge in [0, 0.05) is 26.3 Å². The van der Waals surface area contributed by atoms with E-state index in [1.807, 2.05) is 0 Å². The van der Waals surface area contributed by atoms with E-state index < -0.39 is 17.9 Å². The first kappa shape index (κ1) is 14.9. The molecule has 3 N–H and O–H groups in total. The molecule has 0 saturated carbocycles. The first-order valence-corrected chi connectivity index (χ1v) is 6.26. The van der Waals surface area contributed by atoms with E-state index in [1.54, 1.807) is 18.9 Å². The Morgan fingerprint density at radius 3 is 2.72 bits per heavy atom. The molecule has 1 aliphatic heterocycles. The number of amides is 1. The van der Waals surface area contributed by atoms with Gasteiger partial charge in [-0.05, 0) is 26.2 Å². The number of nitrogens with zero attached hydrogens (tertiary/aromatic N) is 1.